The summed E-state index contributed by atoms with van der Waals surface area (Å²) in [6.07, 6.45) is -4.46. The van der Waals surface area contributed by atoms with Crippen molar-refractivity contribution >= 4 is 11.6 Å². The number of rotatable bonds is 1. The van der Waals surface area contributed by atoms with Gasteiger partial charge in [-0.15, -0.1) is 0 Å². The van der Waals surface area contributed by atoms with Gasteiger partial charge in [0.05, 0.1) is 5.56 Å². The molecule has 0 saturated carbocycles. The van der Waals surface area contributed by atoms with Gasteiger partial charge in [0.25, 0.3) is 5.91 Å². The second-order valence-electron chi connectivity index (χ2n) is 5.39. The molecule has 2 aromatic carbocycles. The molecule has 1 aliphatic rings. The van der Waals surface area contributed by atoms with Crippen molar-refractivity contribution in [2.24, 2.45) is 0 Å². The highest BCUT2D eigenvalue weighted by Crippen LogP contribution is 2.30. The predicted octanol–water partition coefficient (Wildman–Crippen LogP) is 3.77. The Morgan fingerprint density at radius 2 is 1.87 bits per heavy atom. The van der Waals surface area contributed by atoms with Crippen molar-refractivity contribution in [2.75, 3.05) is 18.4 Å². The van der Waals surface area contributed by atoms with Gasteiger partial charge < -0.3 is 10.2 Å². The number of para-hydroxylation sites is 1. The zero-order valence-corrected chi connectivity index (χ0v) is 12.2. The fourth-order valence-corrected chi connectivity index (χ4v) is 2.63. The number of fused-ring (bicyclic) bond motifs is 1. The molecule has 0 aliphatic carbocycles. The molecular weight excluding hydrogens is 305 g/mol. The maximum absolute atomic E-state index is 12.8. The van der Waals surface area contributed by atoms with E-state index in [1.54, 1.807) is 4.90 Å². The molecule has 0 aromatic heterocycles. The maximum Gasteiger partial charge on any atom is 0.416 e. The van der Waals surface area contributed by atoms with E-state index in [-0.39, 0.29) is 5.56 Å². The molecule has 1 amide bonds. The number of carbonyl (C=O) groups excluding carboxylic acids is 1. The fraction of sp³-hybridized carbons (Fsp3) is 0.235. The van der Waals surface area contributed by atoms with Crippen molar-refractivity contribution in [1.29, 1.82) is 0 Å². The second kappa shape index (κ2) is 5.95. The van der Waals surface area contributed by atoms with Crippen molar-refractivity contribution in [3.63, 3.8) is 0 Å². The molecule has 23 heavy (non-hydrogen) atoms. The number of nitrogens with zero attached hydrogens (tertiary/aromatic N) is 1. The normalized spacial score (nSPS) is 14.7. The standard InChI is InChI=1S/C17H15F3N2O/c18-17(19,20)14-6-3-5-12(10-14)16(23)22-9-8-21-15-7-2-1-4-13(15)11-22/h1-7,10,21H,8-9,11H2. The van der Waals surface area contributed by atoms with Crippen LogP contribution in [0.25, 0.3) is 0 Å². The Labute approximate surface area is 131 Å². The van der Waals surface area contributed by atoms with E-state index >= 15 is 0 Å². The first-order chi connectivity index (χ1) is 10.9. The molecule has 0 bridgehead atoms. The van der Waals surface area contributed by atoms with Crippen LogP contribution in [0.5, 0.6) is 0 Å². The number of nitrogens with one attached hydrogen (secondary N) is 1. The van der Waals surface area contributed by atoms with Crippen LogP contribution in [0.2, 0.25) is 0 Å². The topological polar surface area (TPSA) is 32.3 Å². The number of anilines is 1. The monoisotopic (exact) mass is 320 g/mol. The average molecular weight is 320 g/mol. The molecule has 120 valence electrons. The molecule has 1 N–H and O–H groups in total. The molecule has 3 rings (SSSR count). The lowest BCUT2D eigenvalue weighted by Crippen LogP contribution is -2.32. The van der Waals surface area contributed by atoms with E-state index in [0.29, 0.717) is 19.6 Å². The van der Waals surface area contributed by atoms with E-state index in [4.69, 9.17) is 0 Å². The lowest BCUT2D eigenvalue weighted by Gasteiger charge is -2.21. The SMILES string of the molecule is O=C(c1cccc(C(F)(F)F)c1)N1CCNc2ccccc2C1. The summed E-state index contributed by atoms with van der Waals surface area (Å²) in [6.45, 7) is 1.36. The molecule has 0 radical (unpaired) electrons. The average Bonchev–Trinajstić information content (AvgIpc) is 2.75. The summed E-state index contributed by atoms with van der Waals surface area (Å²) in [5.74, 6) is -0.394. The highest BCUT2D eigenvalue weighted by atomic mass is 19.4. The smallest absolute Gasteiger partial charge is 0.383 e. The second-order valence-corrected chi connectivity index (χ2v) is 5.39. The number of carbonyl (C=O) groups is 1. The summed E-state index contributed by atoms with van der Waals surface area (Å²) in [5.41, 5.74) is 1.15. The Balaban J connectivity index is 1.86. The number of hydrogen-bond acceptors (Lipinski definition) is 2. The third-order valence-corrected chi connectivity index (χ3v) is 3.80. The Bertz CT molecular complexity index is 728. The number of hydrogen-bond donors (Lipinski definition) is 1. The number of benzene rings is 2. The molecule has 0 unspecified atom stereocenters. The minimum atomic E-state index is -4.46. The summed E-state index contributed by atoms with van der Waals surface area (Å²) in [6, 6.07) is 12.2. The molecule has 0 atom stereocenters. The maximum atomic E-state index is 12.8. The van der Waals surface area contributed by atoms with E-state index < -0.39 is 17.6 Å². The zero-order chi connectivity index (χ0) is 16.4. The third-order valence-electron chi connectivity index (χ3n) is 3.80. The van der Waals surface area contributed by atoms with E-state index in [9.17, 15) is 18.0 Å². The minimum absolute atomic E-state index is 0.0548. The fourth-order valence-electron chi connectivity index (χ4n) is 2.63. The zero-order valence-electron chi connectivity index (χ0n) is 12.2. The molecule has 2 aromatic rings. The van der Waals surface area contributed by atoms with Gasteiger partial charge >= 0.3 is 6.18 Å². The summed E-state index contributed by atoms with van der Waals surface area (Å²) in [5, 5.41) is 3.22. The lowest BCUT2D eigenvalue weighted by molar-refractivity contribution is -0.137. The summed E-state index contributed by atoms with van der Waals surface area (Å²) in [7, 11) is 0. The minimum Gasteiger partial charge on any atom is -0.383 e. The van der Waals surface area contributed by atoms with E-state index in [2.05, 4.69) is 5.32 Å². The molecule has 0 saturated heterocycles. The summed E-state index contributed by atoms with van der Waals surface area (Å²) < 4.78 is 38.4. The van der Waals surface area contributed by atoms with Crippen molar-refractivity contribution in [3.05, 3.63) is 65.2 Å². The van der Waals surface area contributed by atoms with Crippen LogP contribution < -0.4 is 5.32 Å². The van der Waals surface area contributed by atoms with Gasteiger partial charge in [0.15, 0.2) is 0 Å². The van der Waals surface area contributed by atoms with Crippen LogP contribution in [0.4, 0.5) is 18.9 Å². The van der Waals surface area contributed by atoms with Gasteiger partial charge in [0.1, 0.15) is 0 Å². The largest absolute Gasteiger partial charge is 0.416 e. The van der Waals surface area contributed by atoms with Crippen molar-refractivity contribution in [3.8, 4) is 0 Å². The van der Waals surface area contributed by atoms with Gasteiger partial charge in [0.2, 0.25) is 0 Å². The molecule has 3 nitrogen and oxygen atoms in total. The van der Waals surface area contributed by atoms with E-state index in [1.807, 2.05) is 24.3 Å². The number of halogens is 3. The van der Waals surface area contributed by atoms with Crippen molar-refractivity contribution in [2.45, 2.75) is 12.7 Å². The third kappa shape index (κ3) is 3.31. The molecule has 0 spiro atoms. The van der Waals surface area contributed by atoms with Gasteiger partial charge in [-0.2, -0.15) is 13.2 Å². The number of amides is 1. The highest BCUT2D eigenvalue weighted by Gasteiger charge is 2.31. The summed E-state index contributed by atoms with van der Waals surface area (Å²) >= 11 is 0. The highest BCUT2D eigenvalue weighted by molar-refractivity contribution is 5.94. The quantitative estimate of drug-likeness (QED) is 0.867. The summed E-state index contributed by atoms with van der Waals surface area (Å²) in [4.78, 5) is 14.1. The van der Waals surface area contributed by atoms with Gasteiger partial charge in [-0.3, -0.25) is 4.79 Å². The van der Waals surface area contributed by atoms with Crippen molar-refractivity contribution < 1.29 is 18.0 Å². The van der Waals surface area contributed by atoms with Crippen LogP contribution in [0.15, 0.2) is 48.5 Å². The first-order valence-corrected chi connectivity index (χ1v) is 7.23. The predicted molar refractivity (Wildman–Crippen MR) is 81.1 cm³/mol. The Morgan fingerprint density at radius 1 is 1.09 bits per heavy atom. The van der Waals surface area contributed by atoms with E-state index in [0.717, 1.165) is 23.4 Å². The van der Waals surface area contributed by atoms with Gasteiger partial charge in [-0.05, 0) is 29.8 Å². The first-order valence-electron chi connectivity index (χ1n) is 7.23. The van der Waals surface area contributed by atoms with Crippen LogP contribution in [0.1, 0.15) is 21.5 Å². The van der Waals surface area contributed by atoms with Crippen LogP contribution in [-0.4, -0.2) is 23.9 Å². The molecule has 1 heterocycles. The van der Waals surface area contributed by atoms with Crippen molar-refractivity contribution in [1.82, 2.24) is 4.90 Å². The van der Waals surface area contributed by atoms with E-state index in [1.165, 1.54) is 12.1 Å². The molecule has 1 aliphatic heterocycles. The Hall–Kier alpha value is -2.50. The lowest BCUT2D eigenvalue weighted by atomic mass is 10.1. The van der Waals surface area contributed by atoms with Crippen LogP contribution in [0.3, 0.4) is 0 Å². The Morgan fingerprint density at radius 3 is 2.65 bits per heavy atom. The van der Waals surface area contributed by atoms with Gasteiger partial charge in [-0.25, -0.2) is 0 Å². The molecule has 0 fully saturated rings. The van der Waals surface area contributed by atoms with Gasteiger partial charge in [-0.1, -0.05) is 24.3 Å². The Kier molecular flexibility index (Phi) is 3.98. The van der Waals surface area contributed by atoms with Crippen LogP contribution in [0, 0.1) is 0 Å². The van der Waals surface area contributed by atoms with Gasteiger partial charge in [0, 0.05) is 30.9 Å². The molecule has 6 heteroatoms. The molecular formula is C17H15F3N2O. The van der Waals surface area contributed by atoms with Crippen LogP contribution in [-0.2, 0) is 12.7 Å². The first kappa shape index (κ1) is 15.4. The van der Waals surface area contributed by atoms with Crippen LogP contribution >= 0.6 is 0 Å². The number of alkyl halides is 3.